The summed E-state index contributed by atoms with van der Waals surface area (Å²) in [7, 11) is 0. The topological polar surface area (TPSA) is 49.3 Å². The lowest BCUT2D eigenvalue weighted by Gasteiger charge is -2.09. The van der Waals surface area contributed by atoms with E-state index >= 15 is 0 Å². The fourth-order valence-electron chi connectivity index (χ4n) is 1.23. The average Bonchev–Trinajstić information content (AvgIpc) is 2.16. The lowest BCUT2D eigenvalue weighted by molar-refractivity contribution is -0.136. The summed E-state index contributed by atoms with van der Waals surface area (Å²) in [4.78, 5) is 10.5. The van der Waals surface area contributed by atoms with E-state index in [2.05, 4.69) is 11.9 Å². The number of benzene rings is 1. The summed E-state index contributed by atoms with van der Waals surface area (Å²) in [5.74, 6) is -1.42. The van der Waals surface area contributed by atoms with Gasteiger partial charge < -0.3 is 10.4 Å². The number of carboxylic acid groups (broad SMARTS) is 1. The van der Waals surface area contributed by atoms with Gasteiger partial charge >= 0.3 is 5.97 Å². The van der Waals surface area contributed by atoms with E-state index in [4.69, 9.17) is 5.11 Å². The molecule has 0 radical (unpaired) electrons. The van der Waals surface area contributed by atoms with Crippen molar-refractivity contribution >= 4 is 11.7 Å². The molecule has 0 atom stereocenters. The molecule has 2 N–H and O–H groups in total. The van der Waals surface area contributed by atoms with Crippen molar-refractivity contribution in [2.45, 2.75) is 6.42 Å². The van der Waals surface area contributed by atoms with Crippen LogP contribution in [0.5, 0.6) is 0 Å². The second-order valence-corrected chi connectivity index (χ2v) is 3.04. The third kappa shape index (κ3) is 3.42. The Labute approximate surface area is 87.2 Å². The maximum Gasteiger partial charge on any atom is 0.307 e. The molecule has 0 saturated heterocycles. The van der Waals surface area contributed by atoms with Gasteiger partial charge in [0.05, 0.1) is 6.42 Å². The number of carboxylic acids is 1. The maximum absolute atomic E-state index is 12.9. The van der Waals surface area contributed by atoms with Crippen LogP contribution in [0.1, 0.15) is 5.56 Å². The summed E-state index contributed by atoms with van der Waals surface area (Å²) < 4.78 is 12.9. The van der Waals surface area contributed by atoms with Crippen molar-refractivity contribution in [1.29, 1.82) is 0 Å². The van der Waals surface area contributed by atoms with Crippen LogP contribution in [0.2, 0.25) is 0 Å². The predicted octanol–water partition coefficient (Wildman–Crippen LogP) is 2.05. The number of anilines is 1. The Morgan fingerprint density at radius 2 is 2.33 bits per heavy atom. The second kappa shape index (κ2) is 5.14. The summed E-state index contributed by atoms with van der Waals surface area (Å²) in [6.45, 7) is 4.04. The van der Waals surface area contributed by atoms with Crippen LogP contribution in [0, 0.1) is 5.82 Å². The molecule has 1 aromatic rings. The molecule has 15 heavy (non-hydrogen) atoms. The summed E-state index contributed by atoms with van der Waals surface area (Å²) in [5, 5.41) is 11.6. The lowest BCUT2D eigenvalue weighted by Crippen LogP contribution is -2.06. The van der Waals surface area contributed by atoms with Gasteiger partial charge in [0.25, 0.3) is 0 Å². The molecule has 0 bridgehead atoms. The first-order valence-corrected chi connectivity index (χ1v) is 4.48. The zero-order valence-electron chi connectivity index (χ0n) is 8.16. The van der Waals surface area contributed by atoms with E-state index in [0.29, 0.717) is 17.8 Å². The first-order chi connectivity index (χ1) is 7.13. The highest BCUT2D eigenvalue weighted by molar-refractivity contribution is 5.73. The molecule has 0 aliphatic rings. The third-order valence-corrected chi connectivity index (χ3v) is 1.85. The molecule has 0 saturated carbocycles. The summed E-state index contributed by atoms with van der Waals surface area (Å²) in [6.07, 6.45) is 1.45. The highest BCUT2D eigenvalue weighted by Crippen LogP contribution is 2.17. The van der Waals surface area contributed by atoms with E-state index in [0.717, 1.165) is 0 Å². The molecule has 0 aromatic heterocycles. The van der Waals surface area contributed by atoms with Gasteiger partial charge in [0, 0.05) is 12.2 Å². The number of aliphatic carboxylic acids is 1. The first-order valence-electron chi connectivity index (χ1n) is 4.48. The molecule has 1 rings (SSSR count). The monoisotopic (exact) mass is 209 g/mol. The van der Waals surface area contributed by atoms with Crippen LogP contribution in [0.3, 0.4) is 0 Å². The molecule has 0 amide bonds. The minimum absolute atomic E-state index is 0.197. The standard InChI is InChI=1S/C11H12FNO2/c1-2-5-13-10-4-3-9(12)6-8(10)7-11(14)15/h2-4,6,13H,1,5,7H2,(H,14,15). The molecule has 0 spiro atoms. The van der Waals surface area contributed by atoms with Crippen LogP contribution in [0.4, 0.5) is 10.1 Å². The Hall–Kier alpha value is -1.84. The summed E-state index contributed by atoms with van der Waals surface area (Å²) >= 11 is 0. The van der Waals surface area contributed by atoms with Gasteiger partial charge in [0.1, 0.15) is 5.82 Å². The molecule has 0 aliphatic carbocycles. The van der Waals surface area contributed by atoms with Crippen molar-refractivity contribution in [2.24, 2.45) is 0 Å². The smallest absolute Gasteiger partial charge is 0.307 e. The number of nitrogens with one attached hydrogen (secondary N) is 1. The van der Waals surface area contributed by atoms with Gasteiger partial charge in [-0.05, 0) is 23.8 Å². The number of rotatable bonds is 5. The Balaban J connectivity index is 2.91. The van der Waals surface area contributed by atoms with Gasteiger partial charge in [-0.3, -0.25) is 4.79 Å². The normalized spacial score (nSPS) is 9.67. The van der Waals surface area contributed by atoms with E-state index in [9.17, 15) is 9.18 Å². The quantitative estimate of drug-likeness (QED) is 0.730. The van der Waals surface area contributed by atoms with Crippen LogP contribution in [-0.4, -0.2) is 17.6 Å². The van der Waals surface area contributed by atoms with Crippen molar-refractivity contribution < 1.29 is 14.3 Å². The highest BCUT2D eigenvalue weighted by Gasteiger charge is 2.07. The van der Waals surface area contributed by atoms with Crippen molar-refractivity contribution in [3.63, 3.8) is 0 Å². The van der Waals surface area contributed by atoms with E-state index in [1.54, 1.807) is 6.08 Å². The van der Waals surface area contributed by atoms with Crippen molar-refractivity contribution in [3.05, 3.63) is 42.2 Å². The second-order valence-electron chi connectivity index (χ2n) is 3.04. The van der Waals surface area contributed by atoms with Crippen LogP contribution in [-0.2, 0) is 11.2 Å². The van der Waals surface area contributed by atoms with Gasteiger partial charge in [0.2, 0.25) is 0 Å². The Bertz CT molecular complexity index is 377. The van der Waals surface area contributed by atoms with Gasteiger partial charge in [-0.25, -0.2) is 4.39 Å². The predicted molar refractivity (Wildman–Crippen MR) is 56.4 cm³/mol. The fourth-order valence-corrected chi connectivity index (χ4v) is 1.23. The van der Waals surface area contributed by atoms with Gasteiger partial charge in [-0.15, -0.1) is 6.58 Å². The third-order valence-electron chi connectivity index (χ3n) is 1.85. The van der Waals surface area contributed by atoms with Gasteiger partial charge in [-0.2, -0.15) is 0 Å². The largest absolute Gasteiger partial charge is 0.481 e. The van der Waals surface area contributed by atoms with E-state index in [-0.39, 0.29) is 6.42 Å². The molecule has 3 nitrogen and oxygen atoms in total. The van der Waals surface area contributed by atoms with Crippen LogP contribution < -0.4 is 5.32 Å². The molecule has 4 heteroatoms. The SMILES string of the molecule is C=CCNc1ccc(F)cc1CC(=O)O. The molecular formula is C11H12FNO2. The van der Waals surface area contributed by atoms with Crippen LogP contribution in [0.25, 0.3) is 0 Å². The molecule has 0 unspecified atom stereocenters. The highest BCUT2D eigenvalue weighted by atomic mass is 19.1. The van der Waals surface area contributed by atoms with Crippen LogP contribution in [0.15, 0.2) is 30.9 Å². The maximum atomic E-state index is 12.9. The van der Waals surface area contributed by atoms with Crippen LogP contribution >= 0.6 is 0 Å². The minimum Gasteiger partial charge on any atom is -0.481 e. The molecule has 1 aromatic carbocycles. The van der Waals surface area contributed by atoms with Crippen molar-refractivity contribution in [1.82, 2.24) is 0 Å². The molecule has 0 aliphatic heterocycles. The Kier molecular flexibility index (Phi) is 3.85. The Morgan fingerprint density at radius 1 is 1.60 bits per heavy atom. The number of hydrogen-bond donors (Lipinski definition) is 2. The zero-order valence-corrected chi connectivity index (χ0v) is 8.16. The Morgan fingerprint density at radius 3 is 2.93 bits per heavy atom. The van der Waals surface area contributed by atoms with E-state index < -0.39 is 11.8 Å². The fraction of sp³-hybridized carbons (Fsp3) is 0.182. The molecule has 0 fully saturated rings. The lowest BCUT2D eigenvalue weighted by atomic mass is 10.1. The number of carbonyl (C=O) groups is 1. The number of hydrogen-bond acceptors (Lipinski definition) is 2. The zero-order chi connectivity index (χ0) is 11.3. The van der Waals surface area contributed by atoms with Gasteiger partial charge in [-0.1, -0.05) is 6.08 Å². The molecular weight excluding hydrogens is 197 g/mol. The molecule has 80 valence electrons. The summed E-state index contributed by atoms with van der Waals surface area (Å²) in [5.41, 5.74) is 1.06. The molecule has 0 heterocycles. The average molecular weight is 209 g/mol. The summed E-state index contributed by atoms with van der Waals surface area (Å²) in [6, 6.07) is 4.04. The van der Waals surface area contributed by atoms with E-state index in [1.807, 2.05) is 0 Å². The number of halogens is 1. The van der Waals surface area contributed by atoms with Crippen molar-refractivity contribution in [2.75, 3.05) is 11.9 Å². The minimum atomic E-state index is -0.984. The van der Waals surface area contributed by atoms with Crippen molar-refractivity contribution in [3.8, 4) is 0 Å². The van der Waals surface area contributed by atoms with Gasteiger partial charge in [0.15, 0.2) is 0 Å². The first kappa shape index (κ1) is 11.2. The van der Waals surface area contributed by atoms with E-state index in [1.165, 1.54) is 18.2 Å².